The van der Waals surface area contributed by atoms with Crippen molar-refractivity contribution in [3.63, 3.8) is 0 Å². The van der Waals surface area contributed by atoms with Gasteiger partial charge >= 0.3 is 0 Å². The van der Waals surface area contributed by atoms with E-state index in [0.717, 1.165) is 14.6 Å². The Bertz CT molecular complexity index is 801. The smallest absolute Gasteiger partial charge is 0.147 e. The number of alkyl halides is 1. The average molecular weight is 421 g/mol. The first-order valence-corrected chi connectivity index (χ1v) is 7.77. The molecule has 0 unspecified atom stereocenters. The number of halogens is 4. The lowest BCUT2D eigenvalue weighted by molar-refractivity contribution is 0.618. The van der Waals surface area contributed by atoms with Crippen molar-refractivity contribution in [2.24, 2.45) is 0 Å². The molecule has 0 amide bonds. The molecule has 3 rings (SSSR count). The summed E-state index contributed by atoms with van der Waals surface area (Å²) in [6, 6.07) is 10.2. The average Bonchev–Trinajstić information content (AvgIpc) is 2.78. The first-order chi connectivity index (χ1) is 9.60. The number of fused-ring (bicyclic) bond motifs is 1. The summed E-state index contributed by atoms with van der Waals surface area (Å²) in [6.45, 7) is 0. The molecular formula is C14H8Cl2FIN2. The second-order valence-corrected chi connectivity index (χ2v) is 6.18. The SMILES string of the molecule is Fc1ccc(Cl)cc1-n1c(CCl)nc2cc(I)ccc21. The van der Waals surface area contributed by atoms with Crippen LogP contribution < -0.4 is 0 Å². The molecule has 0 atom stereocenters. The van der Waals surface area contributed by atoms with Crippen LogP contribution in [0.1, 0.15) is 5.82 Å². The Morgan fingerprint density at radius 1 is 1.20 bits per heavy atom. The summed E-state index contributed by atoms with van der Waals surface area (Å²) in [5.41, 5.74) is 1.95. The lowest BCUT2D eigenvalue weighted by Gasteiger charge is -2.09. The summed E-state index contributed by atoms with van der Waals surface area (Å²) in [6.07, 6.45) is 0. The minimum Gasteiger partial charge on any atom is -0.292 e. The Hall–Kier alpha value is -0.850. The zero-order valence-corrected chi connectivity index (χ0v) is 13.7. The van der Waals surface area contributed by atoms with E-state index in [1.807, 2.05) is 18.2 Å². The zero-order valence-electron chi connectivity index (χ0n) is 10.1. The van der Waals surface area contributed by atoms with Crippen LogP contribution in [0.25, 0.3) is 16.7 Å². The maximum Gasteiger partial charge on any atom is 0.147 e. The van der Waals surface area contributed by atoms with Gasteiger partial charge < -0.3 is 0 Å². The van der Waals surface area contributed by atoms with Gasteiger partial charge in [0.1, 0.15) is 11.6 Å². The van der Waals surface area contributed by atoms with E-state index < -0.39 is 0 Å². The molecule has 1 aromatic heterocycles. The highest BCUT2D eigenvalue weighted by Crippen LogP contribution is 2.27. The second kappa shape index (κ2) is 5.50. The Labute approximate surface area is 138 Å². The lowest BCUT2D eigenvalue weighted by Crippen LogP contribution is -2.02. The molecule has 102 valence electrons. The van der Waals surface area contributed by atoms with Crippen molar-refractivity contribution in [2.75, 3.05) is 0 Å². The second-order valence-electron chi connectivity index (χ2n) is 4.23. The Balaban J connectivity index is 2.37. The Kier molecular flexibility index (Phi) is 3.88. The Morgan fingerprint density at radius 3 is 2.75 bits per heavy atom. The molecule has 3 aromatic rings. The number of rotatable bonds is 2. The molecule has 0 bridgehead atoms. The van der Waals surface area contributed by atoms with Gasteiger partial charge in [-0.25, -0.2) is 9.37 Å². The summed E-state index contributed by atoms with van der Waals surface area (Å²) < 4.78 is 16.9. The topological polar surface area (TPSA) is 17.8 Å². The predicted octanol–water partition coefficient (Wildman–Crippen LogP) is 5.16. The van der Waals surface area contributed by atoms with E-state index >= 15 is 0 Å². The summed E-state index contributed by atoms with van der Waals surface area (Å²) >= 11 is 14.1. The van der Waals surface area contributed by atoms with Crippen molar-refractivity contribution in [3.05, 3.63) is 56.6 Å². The van der Waals surface area contributed by atoms with E-state index in [4.69, 9.17) is 23.2 Å². The molecule has 0 aliphatic rings. The quantitative estimate of drug-likeness (QED) is 0.413. The fourth-order valence-corrected chi connectivity index (χ4v) is 2.94. The summed E-state index contributed by atoms with van der Waals surface area (Å²) in [4.78, 5) is 4.46. The van der Waals surface area contributed by atoms with E-state index in [-0.39, 0.29) is 11.7 Å². The summed E-state index contributed by atoms with van der Waals surface area (Å²) in [5.74, 6) is 0.417. The normalized spacial score (nSPS) is 11.2. The maximum atomic E-state index is 14.1. The van der Waals surface area contributed by atoms with Crippen molar-refractivity contribution in [1.82, 2.24) is 9.55 Å². The highest BCUT2D eigenvalue weighted by molar-refractivity contribution is 14.1. The van der Waals surface area contributed by atoms with Crippen LogP contribution in [-0.2, 0) is 5.88 Å². The van der Waals surface area contributed by atoms with E-state index in [1.165, 1.54) is 12.1 Å². The third-order valence-electron chi connectivity index (χ3n) is 2.95. The standard InChI is InChI=1S/C14H8Cl2FIN2/c15-7-14-19-11-6-9(18)2-4-12(11)20(14)13-5-8(16)1-3-10(13)17/h1-6H,7H2. The van der Waals surface area contributed by atoms with E-state index in [2.05, 4.69) is 27.6 Å². The zero-order chi connectivity index (χ0) is 14.3. The highest BCUT2D eigenvalue weighted by Gasteiger charge is 2.15. The molecular weight excluding hydrogens is 413 g/mol. The summed E-state index contributed by atoms with van der Waals surface area (Å²) in [7, 11) is 0. The molecule has 0 fully saturated rings. The van der Waals surface area contributed by atoms with Crippen LogP contribution in [0.4, 0.5) is 4.39 Å². The molecule has 2 nitrogen and oxygen atoms in total. The minimum absolute atomic E-state index is 0.192. The van der Waals surface area contributed by atoms with Gasteiger partial charge in [-0.3, -0.25) is 4.57 Å². The number of imidazole rings is 1. The predicted molar refractivity (Wildman–Crippen MR) is 88.3 cm³/mol. The van der Waals surface area contributed by atoms with Gasteiger partial charge in [-0.2, -0.15) is 0 Å². The van der Waals surface area contributed by atoms with Gasteiger partial charge in [-0.1, -0.05) is 11.6 Å². The van der Waals surface area contributed by atoms with Gasteiger partial charge in [0.05, 0.1) is 22.6 Å². The number of hydrogen-bond acceptors (Lipinski definition) is 1. The Morgan fingerprint density at radius 2 is 2.00 bits per heavy atom. The van der Waals surface area contributed by atoms with Gasteiger partial charge in [-0.15, -0.1) is 11.6 Å². The van der Waals surface area contributed by atoms with E-state index in [0.29, 0.717) is 16.5 Å². The van der Waals surface area contributed by atoms with Crippen LogP contribution in [0.3, 0.4) is 0 Å². The molecule has 0 saturated carbocycles. The molecule has 2 aromatic carbocycles. The van der Waals surface area contributed by atoms with Gasteiger partial charge in [0.25, 0.3) is 0 Å². The van der Waals surface area contributed by atoms with Crippen molar-refractivity contribution in [1.29, 1.82) is 0 Å². The minimum atomic E-state index is -0.362. The van der Waals surface area contributed by atoms with Gasteiger partial charge in [0.15, 0.2) is 0 Å². The molecule has 0 aliphatic heterocycles. The highest BCUT2D eigenvalue weighted by atomic mass is 127. The van der Waals surface area contributed by atoms with Crippen LogP contribution in [0.5, 0.6) is 0 Å². The third kappa shape index (κ3) is 2.40. The lowest BCUT2D eigenvalue weighted by atomic mass is 10.2. The molecule has 6 heteroatoms. The first kappa shape index (κ1) is 14.1. The first-order valence-electron chi connectivity index (χ1n) is 5.78. The van der Waals surface area contributed by atoms with Crippen LogP contribution >= 0.6 is 45.8 Å². The molecule has 0 saturated heterocycles. The molecule has 0 radical (unpaired) electrons. The largest absolute Gasteiger partial charge is 0.292 e. The number of aromatic nitrogens is 2. The van der Waals surface area contributed by atoms with Gasteiger partial charge in [0, 0.05) is 8.59 Å². The van der Waals surface area contributed by atoms with Crippen molar-refractivity contribution < 1.29 is 4.39 Å². The van der Waals surface area contributed by atoms with Crippen LogP contribution in [0, 0.1) is 9.39 Å². The van der Waals surface area contributed by atoms with Crippen molar-refractivity contribution in [2.45, 2.75) is 5.88 Å². The van der Waals surface area contributed by atoms with Crippen LogP contribution in [0.2, 0.25) is 5.02 Å². The molecule has 0 spiro atoms. The molecule has 0 N–H and O–H groups in total. The molecule has 20 heavy (non-hydrogen) atoms. The monoisotopic (exact) mass is 420 g/mol. The number of nitrogens with zero attached hydrogens (tertiary/aromatic N) is 2. The van der Waals surface area contributed by atoms with Crippen molar-refractivity contribution in [3.8, 4) is 5.69 Å². The van der Waals surface area contributed by atoms with E-state index in [1.54, 1.807) is 10.6 Å². The van der Waals surface area contributed by atoms with Gasteiger partial charge in [0.2, 0.25) is 0 Å². The summed E-state index contributed by atoms with van der Waals surface area (Å²) in [5, 5.41) is 0.467. The number of hydrogen-bond donors (Lipinski definition) is 0. The van der Waals surface area contributed by atoms with Crippen LogP contribution in [0.15, 0.2) is 36.4 Å². The third-order valence-corrected chi connectivity index (χ3v) is 4.10. The maximum absolute atomic E-state index is 14.1. The van der Waals surface area contributed by atoms with Crippen molar-refractivity contribution >= 4 is 56.8 Å². The van der Waals surface area contributed by atoms with Crippen LogP contribution in [-0.4, -0.2) is 9.55 Å². The fraction of sp³-hybridized carbons (Fsp3) is 0.0714. The fourth-order valence-electron chi connectivity index (χ4n) is 2.12. The molecule has 0 aliphatic carbocycles. The molecule has 1 heterocycles. The van der Waals surface area contributed by atoms with Gasteiger partial charge in [-0.05, 0) is 59.0 Å². The number of benzene rings is 2. The van der Waals surface area contributed by atoms with E-state index in [9.17, 15) is 4.39 Å².